The van der Waals surface area contributed by atoms with Crippen LogP contribution < -0.4 is 5.73 Å². The molecule has 0 bridgehead atoms. The lowest BCUT2D eigenvalue weighted by Gasteiger charge is -2.35. The lowest BCUT2D eigenvalue weighted by atomic mass is 9.84. The molecule has 15 heavy (non-hydrogen) atoms. The molecule has 0 aromatic heterocycles. The number of hydrogen-bond acceptors (Lipinski definition) is 3. The molecule has 0 aromatic carbocycles. The summed E-state index contributed by atoms with van der Waals surface area (Å²) in [5, 5.41) is 0. The Labute approximate surface area is 91.8 Å². The summed E-state index contributed by atoms with van der Waals surface area (Å²) in [6.07, 6.45) is 1.77. The summed E-state index contributed by atoms with van der Waals surface area (Å²) >= 11 is 0. The number of amides is 1. The van der Waals surface area contributed by atoms with Gasteiger partial charge < -0.3 is 15.4 Å². The van der Waals surface area contributed by atoms with Crippen molar-refractivity contribution in [2.45, 2.75) is 32.7 Å². The van der Waals surface area contributed by atoms with E-state index < -0.39 is 0 Å². The van der Waals surface area contributed by atoms with Gasteiger partial charge in [0.25, 0.3) is 0 Å². The first-order chi connectivity index (χ1) is 7.06. The van der Waals surface area contributed by atoms with Crippen LogP contribution in [0.15, 0.2) is 0 Å². The maximum absolute atomic E-state index is 11.2. The van der Waals surface area contributed by atoms with Gasteiger partial charge in [-0.2, -0.15) is 0 Å². The van der Waals surface area contributed by atoms with Gasteiger partial charge in [0.2, 0.25) is 0 Å². The number of ether oxygens (including phenoxy) is 1. The Morgan fingerprint density at radius 2 is 1.93 bits per heavy atom. The second-order valence-corrected chi connectivity index (χ2v) is 4.62. The average molecular weight is 214 g/mol. The maximum atomic E-state index is 11.2. The van der Waals surface area contributed by atoms with Crippen molar-refractivity contribution >= 4 is 6.09 Å². The maximum Gasteiger partial charge on any atom is 0.409 e. The average Bonchev–Trinajstić information content (AvgIpc) is 2.27. The number of methoxy groups -OCH3 is 1. The minimum absolute atomic E-state index is 0.216. The van der Waals surface area contributed by atoms with Gasteiger partial charge in [-0.25, -0.2) is 4.79 Å². The number of carbonyl (C=O) groups is 1. The largest absolute Gasteiger partial charge is 0.453 e. The highest BCUT2D eigenvalue weighted by atomic mass is 16.5. The summed E-state index contributed by atoms with van der Waals surface area (Å²) in [6, 6.07) is 0.254. The predicted molar refractivity (Wildman–Crippen MR) is 59.5 cm³/mol. The molecular weight excluding hydrogens is 192 g/mol. The minimum atomic E-state index is -0.216. The molecule has 0 radical (unpaired) electrons. The van der Waals surface area contributed by atoms with E-state index in [1.54, 1.807) is 4.90 Å². The van der Waals surface area contributed by atoms with Crippen LogP contribution >= 0.6 is 0 Å². The molecule has 1 unspecified atom stereocenters. The van der Waals surface area contributed by atoms with Gasteiger partial charge in [-0.3, -0.25) is 0 Å². The van der Waals surface area contributed by atoms with E-state index >= 15 is 0 Å². The highest BCUT2D eigenvalue weighted by Crippen LogP contribution is 2.23. The summed E-state index contributed by atoms with van der Waals surface area (Å²) in [6.45, 7) is 5.85. The monoisotopic (exact) mass is 214 g/mol. The van der Waals surface area contributed by atoms with Crippen LogP contribution in [-0.4, -0.2) is 37.2 Å². The van der Waals surface area contributed by atoms with E-state index in [9.17, 15) is 4.79 Å². The van der Waals surface area contributed by atoms with Crippen molar-refractivity contribution in [1.82, 2.24) is 4.90 Å². The van der Waals surface area contributed by atoms with Crippen molar-refractivity contribution in [3.8, 4) is 0 Å². The molecule has 0 saturated carbocycles. The third kappa shape index (κ3) is 3.09. The molecule has 1 heterocycles. The number of nitrogens with zero attached hydrogens (tertiary/aromatic N) is 1. The number of hydrogen-bond donors (Lipinski definition) is 1. The molecule has 1 aliphatic rings. The Bertz CT molecular complexity index is 211. The fourth-order valence-corrected chi connectivity index (χ4v) is 2.14. The van der Waals surface area contributed by atoms with Gasteiger partial charge in [-0.05, 0) is 24.7 Å². The number of likely N-dealkylation sites (tertiary alicyclic amines) is 1. The molecule has 0 spiro atoms. The van der Waals surface area contributed by atoms with Gasteiger partial charge in [-0.1, -0.05) is 13.8 Å². The molecule has 0 aromatic rings. The van der Waals surface area contributed by atoms with E-state index in [2.05, 4.69) is 18.6 Å². The fraction of sp³-hybridized carbons (Fsp3) is 0.909. The smallest absolute Gasteiger partial charge is 0.409 e. The van der Waals surface area contributed by atoms with E-state index in [1.807, 2.05) is 0 Å². The molecule has 4 heteroatoms. The van der Waals surface area contributed by atoms with Crippen LogP contribution in [0.2, 0.25) is 0 Å². The topological polar surface area (TPSA) is 55.6 Å². The van der Waals surface area contributed by atoms with Crippen molar-refractivity contribution in [3.63, 3.8) is 0 Å². The summed E-state index contributed by atoms with van der Waals surface area (Å²) in [5.74, 6) is 1.06. The lowest BCUT2D eigenvalue weighted by molar-refractivity contribution is 0.0995. The number of carbonyl (C=O) groups excluding carboxylic acids is 1. The zero-order chi connectivity index (χ0) is 11.4. The Morgan fingerprint density at radius 1 is 1.40 bits per heavy atom. The number of piperidine rings is 1. The normalized spacial score (nSPS) is 20.5. The van der Waals surface area contributed by atoms with Gasteiger partial charge in [-0.15, -0.1) is 0 Å². The van der Waals surface area contributed by atoms with Gasteiger partial charge in [0.05, 0.1) is 7.11 Å². The SMILES string of the molecule is COC(=O)N1CCC(C(N)C(C)C)CC1. The van der Waals surface area contributed by atoms with Crippen LogP contribution in [0, 0.1) is 11.8 Å². The minimum Gasteiger partial charge on any atom is -0.453 e. The van der Waals surface area contributed by atoms with Crippen LogP contribution in [0.25, 0.3) is 0 Å². The molecule has 1 amide bonds. The van der Waals surface area contributed by atoms with Gasteiger partial charge in [0, 0.05) is 19.1 Å². The van der Waals surface area contributed by atoms with Crippen LogP contribution in [0.3, 0.4) is 0 Å². The lowest BCUT2D eigenvalue weighted by Crippen LogP contribution is -2.45. The van der Waals surface area contributed by atoms with E-state index in [-0.39, 0.29) is 12.1 Å². The van der Waals surface area contributed by atoms with Crippen molar-refractivity contribution in [2.24, 2.45) is 17.6 Å². The van der Waals surface area contributed by atoms with Gasteiger partial charge >= 0.3 is 6.09 Å². The third-order valence-electron chi connectivity index (χ3n) is 3.29. The first-order valence-electron chi connectivity index (χ1n) is 5.64. The van der Waals surface area contributed by atoms with Crippen LogP contribution in [0.4, 0.5) is 4.79 Å². The third-order valence-corrected chi connectivity index (χ3v) is 3.29. The van der Waals surface area contributed by atoms with Crippen molar-refractivity contribution in [3.05, 3.63) is 0 Å². The predicted octanol–water partition coefficient (Wildman–Crippen LogP) is 1.45. The zero-order valence-corrected chi connectivity index (χ0v) is 9.90. The molecule has 1 atom stereocenters. The summed E-state index contributed by atoms with van der Waals surface area (Å²) in [7, 11) is 1.42. The summed E-state index contributed by atoms with van der Waals surface area (Å²) in [5.41, 5.74) is 6.11. The van der Waals surface area contributed by atoms with E-state index in [1.165, 1.54) is 7.11 Å². The Balaban J connectivity index is 2.39. The molecule has 1 rings (SSSR count). The Hall–Kier alpha value is -0.770. The van der Waals surface area contributed by atoms with E-state index in [0.29, 0.717) is 11.8 Å². The molecule has 0 aliphatic carbocycles. The molecule has 1 aliphatic heterocycles. The van der Waals surface area contributed by atoms with Gasteiger partial charge in [0.1, 0.15) is 0 Å². The van der Waals surface area contributed by atoms with Crippen LogP contribution in [-0.2, 0) is 4.74 Å². The first kappa shape index (κ1) is 12.3. The number of rotatable bonds is 2. The Kier molecular flexibility index (Phi) is 4.39. The summed E-state index contributed by atoms with van der Waals surface area (Å²) < 4.78 is 4.69. The fourth-order valence-electron chi connectivity index (χ4n) is 2.14. The Morgan fingerprint density at radius 3 is 2.33 bits per heavy atom. The molecule has 4 nitrogen and oxygen atoms in total. The van der Waals surface area contributed by atoms with Crippen molar-refractivity contribution < 1.29 is 9.53 Å². The molecule has 1 fully saturated rings. The quantitative estimate of drug-likeness (QED) is 0.757. The molecule has 1 saturated heterocycles. The van der Waals surface area contributed by atoms with E-state index in [4.69, 9.17) is 5.73 Å². The molecule has 88 valence electrons. The molecule has 2 N–H and O–H groups in total. The van der Waals surface area contributed by atoms with Crippen LogP contribution in [0.5, 0.6) is 0 Å². The highest BCUT2D eigenvalue weighted by molar-refractivity contribution is 5.67. The molecular formula is C11H22N2O2. The zero-order valence-electron chi connectivity index (χ0n) is 9.90. The summed E-state index contributed by atoms with van der Waals surface area (Å²) in [4.78, 5) is 13.0. The number of nitrogens with two attached hydrogens (primary N) is 1. The van der Waals surface area contributed by atoms with Crippen LogP contribution in [0.1, 0.15) is 26.7 Å². The standard InChI is InChI=1S/C11H22N2O2/c1-8(2)10(12)9-4-6-13(7-5-9)11(14)15-3/h8-10H,4-7,12H2,1-3H3. The highest BCUT2D eigenvalue weighted by Gasteiger charge is 2.28. The van der Waals surface area contributed by atoms with Crippen molar-refractivity contribution in [2.75, 3.05) is 20.2 Å². The van der Waals surface area contributed by atoms with Gasteiger partial charge in [0.15, 0.2) is 0 Å². The second-order valence-electron chi connectivity index (χ2n) is 4.62. The van der Waals surface area contributed by atoms with Crippen molar-refractivity contribution in [1.29, 1.82) is 0 Å². The second kappa shape index (κ2) is 5.35. The van der Waals surface area contributed by atoms with E-state index in [0.717, 1.165) is 25.9 Å². The first-order valence-corrected chi connectivity index (χ1v) is 5.64.